The molecule has 1 amide bonds. The Morgan fingerprint density at radius 3 is 2.59 bits per heavy atom. The van der Waals surface area contributed by atoms with Gasteiger partial charge < -0.3 is 24.2 Å². The van der Waals surface area contributed by atoms with Gasteiger partial charge >= 0.3 is 0 Å². The number of amides is 1. The number of aliphatic hydroxyl groups is 1. The molecule has 1 atom stereocenters. The van der Waals surface area contributed by atoms with Gasteiger partial charge in [0, 0.05) is 13.7 Å². The van der Waals surface area contributed by atoms with Crippen molar-refractivity contribution in [2.75, 3.05) is 33.5 Å². The molecule has 0 aliphatic carbocycles. The number of carbonyl (C=O) groups is 2. The van der Waals surface area contributed by atoms with E-state index in [2.05, 4.69) is 6.58 Å². The van der Waals surface area contributed by atoms with E-state index in [0.717, 1.165) is 5.56 Å². The van der Waals surface area contributed by atoms with Crippen molar-refractivity contribution < 1.29 is 28.9 Å². The van der Waals surface area contributed by atoms with Crippen molar-refractivity contribution in [3.8, 4) is 11.5 Å². The molecule has 0 saturated carbocycles. The van der Waals surface area contributed by atoms with E-state index in [-0.39, 0.29) is 18.7 Å². The molecule has 0 bridgehead atoms. The number of carbonyl (C=O) groups excluding carboxylic acids is 2. The second-order valence-electron chi connectivity index (χ2n) is 7.50. The molecule has 34 heavy (non-hydrogen) atoms. The Labute approximate surface area is 199 Å². The minimum absolute atomic E-state index is 0.00972. The van der Waals surface area contributed by atoms with Crippen molar-refractivity contribution >= 4 is 17.8 Å². The molecule has 1 unspecified atom stereocenters. The van der Waals surface area contributed by atoms with E-state index < -0.39 is 23.5 Å². The van der Waals surface area contributed by atoms with E-state index in [1.54, 1.807) is 30.4 Å². The van der Waals surface area contributed by atoms with Crippen molar-refractivity contribution in [1.82, 2.24) is 4.90 Å². The number of ketones is 1. The van der Waals surface area contributed by atoms with Crippen LogP contribution in [0.5, 0.6) is 11.5 Å². The molecule has 0 fully saturated rings. The zero-order chi connectivity index (χ0) is 24.5. The van der Waals surface area contributed by atoms with Gasteiger partial charge in [-0.15, -0.1) is 0 Å². The van der Waals surface area contributed by atoms with Gasteiger partial charge in [0.15, 0.2) is 23.0 Å². The lowest BCUT2D eigenvalue weighted by Gasteiger charge is -2.27. The summed E-state index contributed by atoms with van der Waals surface area (Å²) >= 11 is 0. The average Bonchev–Trinajstić information content (AvgIpc) is 3.11. The van der Waals surface area contributed by atoms with Gasteiger partial charge in [0.25, 0.3) is 5.91 Å². The van der Waals surface area contributed by atoms with Crippen LogP contribution in [0.2, 0.25) is 0 Å². The number of allylic oxidation sites excluding steroid dienone is 1. The first-order valence-corrected chi connectivity index (χ1v) is 11.0. The Morgan fingerprint density at radius 1 is 1.15 bits per heavy atom. The number of hydrogen-bond donors (Lipinski definition) is 1. The molecule has 3 rings (SSSR count). The Bertz CT molecular complexity index is 1090. The minimum Gasteiger partial charge on any atom is -0.503 e. The molecule has 7 heteroatoms. The molecular weight excluding hydrogens is 434 g/mol. The normalized spacial score (nSPS) is 15.8. The lowest BCUT2D eigenvalue weighted by atomic mass is 9.95. The van der Waals surface area contributed by atoms with Crippen LogP contribution >= 0.6 is 0 Å². The molecule has 2 aromatic rings. The molecule has 7 nitrogen and oxygen atoms in total. The summed E-state index contributed by atoms with van der Waals surface area (Å²) in [6.45, 7) is 6.65. The van der Waals surface area contributed by atoms with Gasteiger partial charge in [-0.05, 0) is 36.3 Å². The van der Waals surface area contributed by atoms with Gasteiger partial charge in [0.2, 0.25) is 0 Å². The topological polar surface area (TPSA) is 85.3 Å². The number of hydrogen-bond acceptors (Lipinski definition) is 6. The molecule has 1 aliphatic rings. The summed E-state index contributed by atoms with van der Waals surface area (Å²) in [5, 5.41) is 10.7. The maximum absolute atomic E-state index is 13.2. The van der Waals surface area contributed by atoms with Gasteiger partial charge in [-0.3, -0.25) is 9.59 Å². The van der Waals surface area contributed by atoms with Gasteiger partial charge in [-0.1, -0.05) is 55.1 Å². The van der Waals surface area contributed by atoms with Crippen LogP contribution in [0, 0.1) is 0 Å². The minimum atomic E-state index is -0.803. The summed E-state index contributed by atoms with van der Waals surface area (Å²) in [5.74, 6) is -0.649. The smallest absolute Gasteiger partial charge is 0.290 e. The van der Waals surface area contributed by atoms with Crippen molar-refractivity contribution in [3.63, 3.8) is 0 Å². The van der Waals surface area contributed by atoms with Gasteiger partial charge in [0.1, 0.15) is 6.61 Å². The molecule has 0 spiro atoms. The Kier molecular flexibility index (Phi) is 8.65. The van der Waals surface area contributed by atoms with Crippen LogP contribution in [0.1, 0.15) is 24.1 Å². The third kappa shape index (κ3) is 5.55. The fourth-order valence-corrected chi connectivity index (χ4v) is 3.73. The Hall–Kier alpha value is -3.84. The van der Waals surface area contributed by atoms with E-state index in [1.165, 1.54) is 18.1 Å². The summed E-state index contributed by atoms with van der Waals surface area (Å²) in [6, 6.07) is 13.7. The van der Waals surface area contributed by atoms with Crippen molar-refractivity contribution in [2.24, 2.45) is 0 Å². The zero-order valence-corrected chi connectivity index (χ0v) is 19.4. The second kappa shape index (κ2) is 11.9. The number of ether oxygens (including phenoxy) is 3. The summed E-state index contributed by atoms with van der Waals surface area (Å²) in [7, 11) is 1.52. The highest BCUT2D eigenvalue weighted by molar-refractivity contribution is 6.14. The van der Waals surface area contributed by atoms with Crippen LogP contribution in [0.3, 0.4) is 0 Å². The number of nitrogens with zero attached hydrogens (tertiary/aromatic N) is 1. The van der Waals surface area contributed by atoms with E-state index in [4.69, 9.17) is 14.2 Å². The molecule has 1 heterocycles. The van der Waals surface area contributed by atoms with Crippen molar-refractivity contribution in [1.29, 1.82) is 0 Å². The van der Waals surface area contributed by atoms with Crippen LogP contribution in [-0.4, -0.2) is 55.2 Å². The molecule has 0 aromatic heterocycles. The molecule has 0 radical (unpaired) electrons. The number of methoxy groups -OCH3 is 1. The summed E-state index contributed by atoms with van der Waals surface area (Å²) in [4.78, 5) is 27.6. The maximum atomic E-state index is 13.2. The maximum Gasteiger partial charge on any atom is 0.290 e. The van der Waals surface area contributed by atoms with Crippen LogP contribution in [0.15, 0.2) is 78.6 Å². The second-order valence-corrected chi connectivity index (χ2v) is 7.50. The first kappa shape index (κ1) is 24.8. The third-order valence-electron chi connectivity index (χ3n) is 5.27. The fraction of sp³-hybridized carbons (Fsp3) is 0.259. The predicted molar refractivity (Wildman–Crippen MR) is 130 cm³/mol. The van der Waals surface area contributed by atoms with Crippen molar-refractivity contribution in [3.05, 3.63) is 89.7 Å². The fourth-order valence-electron chi connectivity index (χ4n) is 3.73. The van der Waals surface area contributed by atoms with Gasteiger partial charge in [-0.25, -0.2) is 0 Å². The predicted octanol–water partition coefficient (Wildman–Crippen LogP) is 4.27. The lowest BCUT2D eigenvalue weighted by molar-refractivity contribution is -0.130. The molecule has 1 N–H and O–H groups in total. The van der Waals surface area contributed by atoms with Crippen LogP contribution in [-0.2, 0) is 14.3 Å². The van der Waals surface area contributed by atoms with Crippen LogP contribution in [0.4, 0.5) is 0 Å². The molecular formula is C27H29NO6. The van der Waals surface area contributed by atoms with Gasteiger partial charge in [-0.2, -0.15) is 0 Å². The first-order valence-electron chi connectivity index (χ1n) is 11.0. The molecule has 2 aromatic carbocycles. The zero-order valence-electron chi connectivity index (χ0n) is 19.4. The molecule has 178 valence electrons. The monoisotopic (exact) mass is 463 g/mol. The highest BCUT2D eigenvalue weighted by Gasteiger charge is 2.43. The lowest BCUT2D eigenvalue weighted by Crippen LogP contribution is -2.33. The van der Waals surface area contributed by atoms with Crippen LogP contribution < -0.4 is 9.47 Å². The largest absolute Gasteiger partial charge is 0.503 e. The highest BCUT2D eigenvalue weighted by Crippen LogP contribution is 2.41. The van der Waals surface area contributed by atoms with E-state index >= 15 is 0 Å². The Balaban J connectivity index is 2.02. The third-order valence-corrected chi connectivity index (χ3v) is 5.27. The van der Waals surface area contributed by atoms with E-state index in [9.17, 15) is 14.7 Å². The molecule has 1 aliphatic heterocycles. The quantitative estimate of drug-likeness (QED) is 0.374. The number of aliphatic hydroxyl groups excluding tert-OH is 1. The van der Waals surface area contributed by atoms with Crippen LogP contribution in [0.25, 0.3) is 6.08 Å². The summed E-state index contributed by atoms with van der Waals surface area (Å²) in [6.07, 6.45) is 4.65. The van der Waals surface area contributed by atoms with E-state index in [1.807, 2.05) is 37.3 Å². The molecule has 0 saturated heterocycles. The van der Waals surface area contributed by atoms with E-state index in [0.29, 0.717) is 30.3 Å². The number of rotatable bonds is 12. The average molecular weight is 464 g/mol. The summed E-state index contributed by atoms with van der Waals surface area (Å²) in [5.41, 5.74) is 1.45. The first-order chi connectivity index (χ1) is 16.5. The summed E-state index contributed by atoms with van der Waals surface area (Å²) < 4.78 is 16.6. The van der Waals surface area contributed by atoms with Crippen molar-refractivity contribution in [2.45, 2.75) is 13.0 Å². The van der Waals surface area contributed by atoms with Gasteiger partial charge in [0.05, 0.1) is 24.8 Å². The Morgan fingerprint density at radius 2 is 1.91 bits per heavy atom. The number of benzene rings is 2. The SMILES string of the molecule is C=CCOc1ccc(C2C(C(=O)/C=C/c3ccccc3)=C(O)C(=O)N2CCOC)cc1OCC. The standard InChI is InChI=1S/C27H29NO6/c1-4-16-34-22-14-12-20(18-23(22)33-5-2)25-24(26(30)27(31)28(25)15-17-32-3)21(29)13-11-19-9-7-6-8-10-19/h4,6-14,18,25,30H,1,5,15-17H2,2-3H3/b13-11+. The highest BCUT2D eigenvalue weighted by atomic mass is 16.5.